The predicted molar refractivity (Wildman–Crippen MR) is 124 cm³/mol. The van der Waals surface area contributed by atoms with Crippen molar-refractivity contribution in [2.45, 2.75) is 11.6 Å². The topological polar surface area (TPSA) is 50.6 Å². The van der Waals surface area contributed by atoms with E-state index in [4.69, 9.17) is 4.74 Å². The molecule has 2 heterocycles. The van der Waals surface area contributed by atoms with Crippen LogP contribution in [0.1, 0.15) is 5.56 Å². The lowest BCUT2D eigenvalue weighted by atomic mass is 10.1. The molecule has 0 unspecified atom stereocenters. The lowest BCUT2D eigenvalue weighted by Crippen LogP contribution is -2.49. The number of ether oxygens (including phenoxy) is 1. The first-order valence-electron chi connectivity index (χ1n) is 10.6. The van der Waals surface area contributed by atoms with Crippen LogP contribution in [0.15, 0.2) is 72.1 Å². The van der Waals surface area contributed by atoms with Crippen molar-refractivity contribution in [1.82, 2.24) is 19.4 Å². The van der Waals surface area contributed by atoms with Crippen molar-refractivity contribution >= 4 is 17.7 Å². The Labute approximate surface area is 187 Å². The molecule has 2 aromatic carbocycles. The highest BCUT2D eigenvalue weighted by molar-refractivity contribution is 7.99. The van der Waals surface area contributed by atoms with Gasteiger partial charge >= 0.3 is 0 Å². The van der Waals surface area contributed by atoms with Gasteiger partial charge in [0, 0.05) is 50.8 Å². The minimum absolute atomic E-state index is 0.178. The van der Waals surface area contributed by atoms with Crippen LogP contribution in [0.3, 0.4) is 0 Å². The number of methoxy groups -OCH3 is 1. The Balaban J connectivity index is 1.24. The van der Waals surface area contributed by atoms with Crippen molar-refractivity contribution in [2.75, 3.05) is 45.6 Å². The van der Waals surface area contributed by atoms with Crippen LogP contribution in [0.2, 0.25) is 0 Å². The molecule has 0 aliphatic carbocycles. The fourth-order valence-electron chi connectivity index (χ4n) is 3.71. The molecule has 3 aromatic rings. The van der Waals surface area contributed by atoms with Crippen LogP contribution in [0.25, 0.3) is 5.69 Å². The second-order valence-electron chi connectivity index (χ2n) is 7.52. The molecule has 1 aromatic heterocycles. The Bertz CT molecular complexity index is 967. The summed E-state index contributed by atoms with van der Waals surface area (Å²) < 4.78 is 7.22. The standard InChI is InChI=1S/C24H28N4O2S/c1-30-22-9-7-21(8-10-22)28-14-12-25-24(28)31-19-23(29)27-17-15-26(16-18-27)13-11-20-5-3-2-4-6-20/h2-10,12,14H,11,13,15-19H2,1H3. The molecule has 7 heteroatoms. The molecule has 0 radical (unpaired) electrons. The summed E-state index contributed by atoms with van der Waals surface area (Å²) in [5.41, 5.74) is 2.37. The van der Waals surface area contributed by atoms with E-state index in [1.54, 1.807) is 13.3 Å². The Morgan fingerprint density at radius 2 is 1.77 bits per heavy atom. The van der Waals surface area contributed by atoms with Gasteiger partial charge in [0.05, 0.1) is 12.9 Å². The lowest BCUT2D eigenvalue weighted by molar-refractivity contribution is -0.130. The molecule has 1 aliphatic heterocycles. The number of nitrogens with zero attached hydrogens (tertiary/aromatic N) is 4. The number of carbonyl (C=O) groups is 1. The number of carbonyl (C=O) groups excluding carboxylic acids is 1. The number of thioether (sulfide) groups is 1. The summed E-state index contributed by atoms with van der Waals surface area (Å²) in [4.78, 5) is 21.6. The van der Waals surface area contributed by atoms with Crippen LogP contribution in [-0.4, -0.2) is 70.8 Å². The van der Waals surface area contributed by atoms with Gasteiger partial charge in [-0.1, -0.05) is 42.1 Å². The number of amides is 1. The van der Waals surface area contributed by atoms with Crippen molar-refractivity contribution in [3.8, 4) is 11.4 Å². The molecule has 1 saturated heterocycles. The number of hydrogen-bond donors (Lipinski definition) is 0. The third kappa shape index (κ3) is 5.68. The van der Waals surface area contributed by atoms with E-state index in [1.807, 2.05) is 39.9 Å². The second-order valence-corrected chi connectivity index (χ2v) is 8.47. The Hall–Kier alpha value is -2.77. The van der Waals surface area contributed by atoms with E-state index in [9.17, 15) is 4.79 Å². The molecule has 1 aliphatic rings. The van der Waals surface area contributed by atoms with Crippen molar-refractivity contribution in [1.29, 1.82) is 0 Å². The summed E-state index contributed by atoms with van der Waals surface area (Å²) in [6.45, 7) is 4.50. The molecule has 6 nitrogen and oxygen atoms in total. The van der Waals surface area contributed by atoms with Crippen LogP contribution >= 0.6 is 11.8 Å². The van der Waals surface area contributed by atoms with Gasteiger partial charge in [-0.15, -0.1) is 0 Å². The van der Waals surface area contributed by atoms with E-state index >= 15 is 0 Å². The fourth-order valence-corrected chi connectivity index (χ4v) is 4.58. The summed E-state index contributed by atoms with van der Waals surface area (Å²) >= 11 is 1.48. The number of hydrogen-bond acceptors (Lipinski definition) is 5. The average molecular weight is 437 g/mol. The molecule has 0 N–H and O–H groups in total. The lowest BCUT2D eigenvalue weighted by Gasteiger charge is -2.34. The summed E-state index contributed by atoms with van der Waals surface area (Å²) in [7, 11) is 1.65. The highest BCUT2D eigenvalue weighted by Gasteiger charge is 2.21. The van der Waals surface area contributed by atoms with Gasteiger partial charge in [0.1, 0.15) is 5.75 Å². The Morgan fingerprint density at radius 1 is 1.03 bits per heavy atom. The molecule has 1 amide bonds. The summed E-state index contributed by atoms with van der Waals surface area (Å²) in [5, 5.41) is 0.819. The molecule has 1 fully saturated rings. The first-order chi connectivity index (χ1) is 15.2. The zero-order valence-electron chi connectivity index (χ0n) is 17.8. The SMILES string of the molecule is COc1ccc(-n2ccnc2SCC(=O)N2CCN(CCc3ccccc3)CC2)cc1. The zero-order valence-corrected chi connectivity index (χ0v) is 18.6. The number of benzene rings is 2. The largest absolute Gasteiger partial charge is 0.497 e. The van der Waals surface area contributed by atoms with E-state index in [1.165, 1.54) is 17.3 Å². The molecule has 0 bridgehead atoms. The molecule has 162 valence electrons. The quantitative estimate of drug-likeness (QED) is 0.507. The van der Waals surface area contributed by atoms with Crippen LogP contribution in [0.5, 0.6) is 5.75 Å². The number of piperazine rings is 1. The molecule has 0 atom stereocenters. The monoisotopic (exact) mass is 436 g/mol. The molecule has 0 saturated carbocycles. The Kier molecular flexibility index (Phi) is 7.27. The number of rotatable bonds is 8. The van der Waals surface area contributed by atoms with Gasteiger partial charge in [-0.3, -0.25) is 14.3 Å². The average Bonchev–Trinajstić information content (AvgIpc) is 3.31. The first kappa shape index (κ1) is 21.5. The third-order valence-corrected chi connectivity index (χ3v) is 6.52. The maximum Gasteiger partial charge on any atom is 0.233 e. The van der Waals surface area contributed by atoms with Crippen LogP contribution < -0.4 is 4.74 Å². The number of aromatic nitrogens is 2. The van der Waals surface area contributed by atoms with E-state index in [-0.39, 0.29) is 5.91 Å². The summed E-state index contributed by atoms with van der Waals surface area (Å²) in [6.07, 6.45) is 4.74. The van der Waals surface area contributed by atoms with Crippen molar-refractivity contribution in [3.05, 3.63) is 72.6 Å². The van der Waals surface area contributed by atoms with E-state index in [0.29, 0.717) is 5.75 Å². The fraction of sp³-hybridized carbons (Fsp3) is 0.333. The van der Waals surface area contributed by atoms with Gasteiger partial charge in [-0.2, -0.15) is 0 Å². The molecular formula is C24H28N4O2S. The van der Waals surface area contributed by atoms with Gasteiger partial charge < -0.3 is 9.64 Å². The Morgan fingerprint density at radius 3 is 2.48 bits per heavy atom. The minimum atomic E-state index is 0.178. The van der Waals surface area contributed by atoms with Crippen molar-refractivity contribution < 1.29 is 9.53 Å². The number of imidazole rings is 1. The van der Waals surface area contributed by atoms with Crippen molar-refractivity contribution in [3.63, 3.8) is 0 Å². The van der Waals surface area contributed by atoms with Gasteiger partial charge in [0.25, 0.3) is 0 Å². The van der Waals surface area contributed by atoms with Gasteiger partial charge in [-0.25, -0.2) is 4.98 Å². The van der Waals surface area contributed by atoms with Crippen LogP contribution in [-0.2, 0) is 11.2 Å². The first-order valence-corrected chi connectivity index (χ1v) is 11.6. The molecule has 0 spiro atoms. The van der Waals surface area contributed by atoms with Gasteiger partial charge in [0.2, 0.25) is 5.91 Å². The summed E-state index contributed by atoms with van der Waals surface area (Å²) in [5.74, 6) is 1.39. The maximum absolute atomic E-state index is 12.7. The highest BCUT2D eigenvalue weighted by Crippen LogP contribution is 2.22. The highest BCUT2D eigenvalue weighted by atomic mass is 32.2. The summed E-state index contributed by atoms with van der Waals surface area (Å²) in [6, 6.07) is 18.4. The van der Waals surface area contributed by atoms with E-state index in [2.05, 4.69) is 40.2 Å². The van der Waals surface area contributed by atoms with E-state index in [0.717, 1.165) is 55.7 Å². The van der Waals surface area contributed by atoms with Crippen LogP contribution in [0.4, 0.5) is 0 Å². The molecule has 4 rings (SSSR count). The van der Waals surface area contributed by atoms with E-state index < -0.39 is 0 Å². The van der Waals surface area contributed by atoms with Crippen molar-refractivity contribution in [2.24, 2.45) is 0 Å². The maximum atomic E-state index is 12.7. The van der Waals surface area contributed by atoms with Crippen LogP contribution in [0, 0.1) is 0 Å². The zero-order chi connectivity index (χ0) is 21.5. The molecule has 31 heavy (non-hydrogen) atoms. The minimum Gasteiger partial charge on any atom is -0.497 e. The van der Waals surface area contributed by atoms with Gasteiger partial charge in [-0.05, 0) is 36.2 Å². The smallest absolute Gasteiger partial charge is 0.233 e. The molecular weight excluding hydrogens is 408 g/mol. The second kappa shape index (κ2) is 10.5. The predicted octanol–water partition coefficient (Wildman–Crippen LogP) is 3.36. The van der Waals surface area contributed by atoms with Gasteiger partial charge in [0.15, 0.2) is 5.16 Å². The third-order valence-electron chi connectivity index (χ3n) is 5.57. The normalized spacial score (nSPS) is 14.5.